The molecule has 0 aliphatic rings. The van der Waals surface area contributed by atoms with Crippen molar-refractivity contribution in [2.45, 2.75) is 174 Å². The van der Waals surface area contributed by atoms with Crippen LogP contribution in [0.2, 0.25) is 0 Å². The Kier molecular flexibility index (Phi) is 26.1. The van der Waals surface area contributed by atoms with Crippen LogP contribution in [0.25, 0.3) is 0 Å². The van der Waals surface area contributed by atoms with Crippen LogP contribution in [-0.2, 0) is 0 Å². The van der Waals surface area contributed by atoms with Crippen molar-refractivity contribution in [1.29, 1.82) is 0 Å². The fourth-order valence-corrected chi connectivity index (χ4v) is 4.92. The Labute approximate surface area is 210 Å². The highest BCUT2D eigenvalue weighted by Gasteiger charge is 2.09. The van der Waals surface area contributed by atoms with Crippen LogP contribution in [-0.4, -0.2) is 24.6 Å². The van der Waals surface area contributed by atoms with Gasteiger partial charge in [-0.2, -0.15) is 0 Å². The van der Waals surface area contributed by atoms with Crippen molar-refractivity contribution < 1.29 is 4.00 Å². The number of quaternary nitrogens is 1. The van der Waals surface area contributed by atoms with Crippen molar-refractivity contribution >= 4 is 11.8 Å². The normalized spacial score (nSPS) is 12.0. The first kappa shape index (κ1) is 32.2. The third-order valence-corrected chi connectivity index (χ3v) is 7.21. The molecule has 0 heterocycles. The number of halogens is 1. The maximum Gasteiger partial charge on any atom is 0.164 e. The number of hydrogen-bond donors (Lipinski definition) is 0. The van der Waals surface area contributed by atoms with Gasteiger partial charge in [-0.1, -0.05) is 161 Å². The van der Waals surface area contributed by atoms with Crippen molar-refractivity contribution in [3.8, 4) is 0 Å². The third kappa shape index (κ3) is 30.2. The summed E-state index contributed by atoms with van der Waals surface area (Å²) < 4.78 is 0.597. The average molecular weight is 473 g/mol. The maximum absolute atomic E-state index is 6.18. The lowest BCUT2D eigenvalue weighted by Gasteiger charge is -2.17. The van der Waals surface area contributed by atoms with Gasteiger partial charge in [0.05, 0.1) is 20.6 Å². The summed E-state index contributed by atoms with van der Waals surface area (Å²) in [6.45, 7) is 3.40. The molecule has 0 aromatic rings. The molecule has 194 valence electrons. The van der Waals surface area contributed by atoms with Crippen molar-refractivity contribution in [3.05, 3.63) is 0 Å². The van der Waals surface area contributed by atoms with E-state index in [9.17, 15) is 0 Å². The maximum atomic E-state index is 6.18. The second kappa shape index (κ2) is 25.9. The van der Waals surface area contributed by atoms with Gasteiger partial charge in [-0.15, -0.1) is 0 Å². The van der Waals surface area contributed by atoms with Gasteiger partial charge in [0, 0.05) is 0 Å². The minimum Gasteiger partial charge on any atom is -0.227 e. The predicted octanol–water partition coefficient (Wildman–Crippen LogP) is 11.4. The summed E-state index contributed by atoms with van der Waals surface area (Å²) in [4.78, 5) is 0. The first-order valence-electron chi connectivity index (χ1n) is 15.1. The third-order valence-electron chi connectivity index (χ3n) is 7.04. The van der Waals surface area contributed by atoms with Crippen LogP contribution >= 0.6 is 11.8 Å². The topological polar surface area (TPSA) is 0 Å². The van der Waals surface area contributed by atoms with Crippen LogP contribution in [0.15, 0.2) is 0 Å². The molecule has 32 heavy (non-hydrogen) atoms. The molecule has 0 aliphatic carbocycles. The molecular formula is C30H63ClN+. The van der Waals surface area contributed by atoms with E-state index in [0.717, 1.165) is 6.54 Å². The van der Waals surface area contributed by atoms with Crippen molar-refractivity contribution in [2.24, 2.45) is 0 Å². The minimum absolute atomic E-state index is 0.597. The van der Waals surface area contributed by atoms with Gasteiger partial charge in [0.15, 0.2) is 11.8 Å². The molecule has 1 nitrogen and oxygen atoms in total. The van der Waals surface area contributed by atoms with Crippen LogP contribution in [0.4, 0.5) is 0 Å². The highest BCUT2D eigenvalue weighted by molar-refractivity contribution is 6.06. The smallest absolute Gasteiger partial charge is 0.164 e. The van der Waals surface area contributed by atoms with Gasteiger partial charge in [0.1, 0.15) is 0 Å². The van der Waals surface area contributed by atoms with E-state index in [1.807, 2.05) is 0 Å². The van der Waals surface area contributed by atoms with E-state index in [1.165, 1.54) is 167 Å². The largest absolute Gasteiger partial charge is 0.227 e. The van der Waals surface area contributed by atoms with Gasteiger partial charge in [-0.3, -0.25) is 0 Å². The number of hydrogen-bond acceptors (Lipinski definition) is 0. The molecule has 0 aliphatic heterocycles. The molecular weight excluding hydrogens is 410 g/mol. The van der Waals surface area contributed by atoms with Crippen molar-refractivity contribution in [2.75, 3.05) is 20.6 Å². The molecule has 0 amide bonds. The highest BCUT2D eigenvalue weighted by atomic mass is 35.5. The van der Waals surface area contributed by atoms with E-state index in [2.05, 4.69) is 21.0 Å². The fourth-order valence-electron chi connectivity index (χ4n) is 4.80. The number of nitrogens with zero attached hydrogens (tertiary/aromatic N) is 1. The Bertz CT molecular complexity index is 336. The first-order chi connectivity index (χ1) is 15.6. The lowest BCUT2D eigenvalue weighted by molar-refractivity contribution is -0.771. The van der Waals surface area contributed by atoms with Gasteiger partial charge in [-0.05, 0) is 12.8 Å². The summed E-state index contributed by atoms with van der Waals surface area (Å²) in [5.74, 6) is 0. The summed E-state index contributed by atoms with van der Waals surface area (Å²) in [6.07, 6.45) is 37.8. The average Bonchev–Trinajstić information content (AvgIpc) is 2.75. The van der Waals surface area contributed by atoms with E-state index in [4.69, 9.17) is 11.8 Å². The van der Waals surface area contributed by atoms with Crippen LogP contribution in [0.3, 0.4) is 0 Å². The minimum atomic E-state index is 0.597. The van der Waals surface area contributed by atoms with Crippen LogP contribution < -0.4 is 0 Å². The Hall–Kier alpha value is 0.250. The molecule has 0 saturated heterocycles. The fraction of sp³-hybridized carbons (Fsp3) is 1.00. The zero-order valence-electron chi connectivity index (χ0n) is 22.9. The lowest BCUT2D eigenvalue weighted by atomic mass is 10.0. The van der Waals surface area contributed by atoms with Gasteiger partial charge < -0.3 is 0 Å². The molecule has 0 rings (SSSR count). The van der Waals surface area contributed by atoms with Gasteiger partial charge in [0.2, 0.25) is 0 Å². The molecule has 2 heteroatoms. The summed E-state index contributed by atoms with van der Waals surface area (Å²) in [5.41, 5.74) is 0. The quantitative estimate of drug-likeness (QED) is 0.0822. The molecule has 0 spiro atoms. The SMILES string of the molecule is CCCCCCCCCCCCCCCCCCCCCCCCCCCC[N+](C)(C)Cl. The second-order valence-corrected chi connectivity index (χ2v) is 12.0. The Morgan fingerprint density at radius 3 is 0.719 bits per heavy atom. The van der Waals surface area contributed by atoms with Crippen molar-refractivity contribution in [3.63, 3.8) is 0 Å². The van der Waals surface area contributed by atoms with E-state index in [1.54, 1.807) is 0 Å². The Balaban J connectivity index is 3.02. The molecule has 0 unspecified atom stereocenters. The van der Waals surface area contributed by atoms with Crippen LogP contribution in [0.1, 0.15) is 174 Å². The standard InChI is InChI=1S/C30H63ClN/c1-4-5-6-7-8-9-10-11-12-13-14-15-16-17-18-19-20-21-22-23-24-25-26-27-28-29-30-32(2,3)31/h4-30H2,1-3H3/q+1. The Morgan fingerprint density at radius 1 is 0.344 bits per heavy atom. The summed E-state index contributed by atoms with van der Waals surface area (Å²) in [5, 5.41) is 0. The highest BCUT2D eigenvalue weighted by Crippen LogP contribution is 2.16. The zero-order valence-corrected chi connectivity index (χ0v) is 23.7. The van der Waals surface area contributed by atoms with Gasteiger partial charge in [-0.25, -0.2) is 4.00 Å². The predicted molar refractivity (Wildman–Crippen MR) is 149 cm³/mol. The second-order valence-electron chi connectivity index (χ2n) is 11.1. The molecule has 0 saturated carbocycles. The molecule has 0 aromatic heterocycles. The molecule has 0 bridgehead atoms. The molecule has 0 atom stereocenters. The van der Waals surface area contributed by atoms with E-state index in [-0.39, 0.29) is 0 Å². The number of unbranched alkanes of at least 4 members (excludes halogenated alkanes) is 25. The molecule has 0 radical (unpaired) electrons. The van der Waals surface area contributed by atoms with Gasteiger partial charge in [0.25, 0.3) is 0 Å². The summed E-state index contributed by atoms with van der Waals surface area (Å²) >= 11 is 6.18. The monoisotopic (exact) mass is 472 g/mol. The number of rotatable bonds is 27. The zero-order chi connectivity index (χ0) is 23.6. The van der Waals surface area contributed by atoms with Crippen LogP contribution in [0.5, 0.6) is 0 Å². The van der Waals surface area contributed by atoms with E-state index >= 15 is 0 Å². The van der Waals surface area contributed by atoms with Crippen molar-refractivity contribution in [1.82, 2.24) is 0 Å². The summed E-state index contributed by atoms with van der Waals surface area (Å²) in [6, 6.07) is 0. The molecule has 0 fully saturated rings. The van der Waals surface area contributed by atoms with E-state index in [0.29, 0.717) is 4.00 Å². The Morgan fingerprint density at radius 2 is 0.531 bits per heavy atom. The lowest BCUT2D eigenvalue weighted by Crippen LogP contribution is -2.28. The molecule has 0 N–H and O–H groups in total. The first-order valence-corrected chi connectivity index (χ1v) is 15.4. The van der Waals surface area contributed by atoms with E-state index < -0.39 is 0 Å². The van der Waals surface area contributed by atoms with Crippen LogP contribution in [0, 0.1) is 0 Å². The van der Waals surface area contributed by atoms with Gasteiger partial charge >= 0.3 is 0 Å². The molecule has 0 aromatic carbocycles. The summed E-state index contributed by atoms with van der Waals surface area (Å²) in [7, 11) is 4.14.